The van der Waals surface area contributed by atoms with Crippen molar-refractivity contribution in [2.45, 2.75) is 19.9 Å². The lowest BCUT2D eigenvalue weighted by atomic mass is 10.0. The summed E-state index contributed by atoms with van der Waals surface area (Å²) < 4.78 is 1.05. The molecule has 5 heteroatoms. The van der Waals surface area contributed by atoms with Crippen LogP contribution in [0.2, 0.25) is 0 Å². The van der Waals surface area contributed by atoms with Crippen LogP contribution in [0, 0.1) is 9.49 Å². The third kappa shape index (κ3) is 3.16. The van der Waals surface area contributed by atoms with Crippen LogP contribution in [0.3, 0.4) is 0 Å². The van der Waals surface area contributed by atoms with Gasteiger partial charge in [-0.2, -0.15) is 0 Å². The molecule has 17 heavy (non-hydrogen) atoms. The maximum absolute atomic E-state index is 4.29. The minimum Gasteiger partial charge on any atom is -0.361 e. The predicted molar refractivity (Wildman–Crippen MR) is 80.3 cm³/mol. The predicted octanol–water partition coefficient (Wildman–Crippen LogP) is 3.95. The number of halogens is 1. The first-order valence-electron chi connectivity index (χ1n) is 5.44. The van der Waals surface area contributed by atoms with Crippen LogP contribution in [0.5, 0.6) is 0 Å². The molecule has 1 N–H and O–H groups in total. The monoisotopic (exact) mass is 359 g/mol. The number of thiophene rings is 1. The van der Waals surface area contributed by atoms with Crippen molar-refractivity contribution in [3.63, 3.8) is 0 Å². The summed E-state index contributed by atoms with van der Waals surface area (Å²) in [6, 6.07) is 4.55. The van der Waals surface area contributed by atoms with Gasteiger partial charge in [0.2, 0.25) is 0 Å². The van der Waals surface area contributed by atoms with Crippen LogP contribution < -0.4 is 5.32 Å². The van der Waals surface area contributed by atoms with Crippen LogP contribution in [0.4, 0.5) is 5.82 Å². The van der Waals surface area contributed by atoms with E-state index >= 15 is 0 Å². The van der Waals surface area contributed by atoms with Crippen molar-refractivity contribution in [2.24, 2.45) is 5.92 Å². The average molecular weight is 359 g/mol. The molecule has 2 aromatic rings. The first kappa shape index (κ1) is 12.8. The van der Waals surface area contributed by atoms with E-state index in [2.05, 4.69) is 69.2 Å². The zero-order chi connectivity index (χ0) is 12.3. The molecule has 0 aliphatic carbocycles. The molecule has 3 nitrogen and oxygen atoms in total. The molecule has 0 radical (unpaired) electrons. The van der Waals surface area contributed by atoms with Gasteiger partial charge in [-0.1, -0.05) is 19.9 Å². The van der Waals surface area contributed by atoms with Crippen molar-refractivity contribution in [1.29, 1.82) is 0 Å². The second kappa shape index (κ2) is 5.77. The number of aromatic nitrogens is 2. The maximum Gasteiger partial charge on any atom is 0.143 e. The molecule has 90 valence electrons. The minimum absolute atomic E-state index is 0.304. The SMILES string of the molecule is CC(C)C(Nc1ncncc1I)c1cccs1. The number of rotatable bonds is 4. The van der Waals surface area contributed by atoms with Crippen LogP contribution in [0.1, 0.15) is 24.8 Å². The lowest BCUT2D eigenvalue weighted by molar-refractivity contribution is 0.551. The highest BCUT2D eigenvalue weighted by Crippen LogP contribution is 2.30. The molecule has 0 bridgehead atoms. The van der Waals surface area contributed by atoms with Crippen molar-refractivity contribution >= 4 is 39.7 Å². The Balaban J connectivity index is 2.23. The van der Waals surface area contributed by atoms with E-state index in [1.54, 1.807) is 17.7 Å². The molecule has 0 saturated carbocycles. The number of hydrogen-bond donors (Lipinski definition) is 1. The van der Waals surface area contributed by atoms with Crippen molar-refractivity contribution in [2.75, 3.05) is 5.32 Å². The summed E-state index contributed by atoms with van der Waals surface area (Å²) in [4.78, 5) is 9.63. The van der Waals surface area contributed by atoms with Gasteiger partial charge in [0.15, 0.2) is 0 Å². The number of nitrogens with zero attached hydrogens (tertiary/aromatic N) is 2. The Morgan fingerprint density at radius 3 is 2.82 bits per heavy atom. The molecule has 0 aromatic carbocycles. The van der Waals surface area contributed by atoms with E-state index in [1.165, 1.54) is 4.88 Å². The third-order valence-electron chi connectivity index (χ3n) is 2.48. The molecule has 0 aliphatic rings. The Hall–Kier alpha value is -0.690. The molecule has 1 unspecified atom stereocenters. The molecule has 0 amide bonds. The summed E-state index contributed by atoms with van der Waals surface area (Å²) in [6.45, 7) is 4.43. The Labute approximate surface area is 119 Å². The van der Waals surface area contributed by atoms with Crippen LogP contribution in [-0.2, 0) is 0 Å². The zero-order valence-electron chi connectivity index (χ0n) is 9.72. The zero-order valence-corrected chi connectivity index (χ0v) is 12.7. The Morgan fingerprint density at radius 2 is 2.24 bits per heavy atom. The summed E-state index contributed by atoms with van der Waals surface area (Å²) in [7, 11) is 0. The highest BCUT2D eigenvalue weighted by atomic mass is 127. The van der Waals surface area contributed by atoms with E-state index in [1.807, 2.05) is 6.20 Å². The Bertz CT molecular complexity index is 470. The van der Waals surface area contributed by atoms with Crippen molar-refractivity contribution in [3.05, 3.63) is 38.5 Å². The van der Waals surface area contributed by atoms with Crippen molar-refractivity contribution in [1.82, 2.24) is 9.97 Å². The van der Waals surface area contributed by atoms with Gasteiger partial charge in [-0.05, 0) is 40.0 Å². The molecule has 1 atom stereocenters. The smallest absolute Gasteiger partial charge is 0.143 e. The van der Waals surface area contributed by atoms with Gasteiger partial charge in [0.05, 0.1) is 9.61 Å². The van der Waals surface area contributed by atoms with Crippen molar-refractivity contribution in [3.8, 4) is 0 Å². The fourth-order valence-corrected chi connectivity index (χ4v) is 3.01. The van der Waals surface area contributed by atoms with Gasteiger partial charge < -0.3 is 5.32 Å². The van der Waals surface area contributed by atoms with Gasteiger partial charge in [-0.15, -0.1) is 11.3 Å². The van der Waals surface area contributed by atoms with E-state index < -0.39 is 0 Å². The normalized spacial score (nSPS) is 12.7. The molecule has 2 rings (SSSR count). The quantitative estimate of drug-likeness (QED) is 0.840. The van der Waals surface area contributed by atoms with E-state index in [9.17, 15) is 0 Å². The highest BCUT2D eigenvalue weighted by Gasteiger charge is 2.18. The molecule has 0 aliphatic heterocycles. The van der Waals surface area contributed by atoms with Gasteiger partial charge in [0, 0.05) is 11.1 Å². The average Bonchev–Trinajstić information content (AvgIpc) is 2.81. The maximum atomic E-state index is 4.29. The van der Waals surface area contributed by atoms with E-state index in [0.717, 1.165) is 9.39 Å². The van der Waals surface area contributed by atoms with Crippen molar-refractivity contribution < 1.29 is 0 Å². The second-order valence-corrected chi connectivity index (χ2v) is 6.24. The summed E-state index contributed by atoms with van der Waals surface area (Å²) in [5.74, 6) is 1.42. The standard InChI is InChI=1S/C12H14IN3S/c1-8(2)11(10-4-3-5-17-10)16-12-9(13)6-14-7-15-12/h3-8,11H,1-2H3,(H,14,15,16). The van der Waals surface area contributed by atoms with Crippen LogP contribution >= 0.6 is 33.9 Å². The van der Waals surface area contributed by atoms with Crippen LogP contribution in [-0.4, -0.2) is 9.97 Å². The molecule has 2 heterocycles. The lowest BCUT2D eigenvalue weighted by Gasteiger charge is -2.22. The van der Waals surface area contributed by atoms with Gasteiger partial charge in [-0.3, -0.25) is 0 Å². The largest absolute Gasteiger partial charge is 0.361 e. The van der Waals surface area contributed by atoms with Gasteiger partial charge >= 0.3 is 0 Å². The molecule has 2 aromatic heterocycles. The third-order valence-corrected chi connectivity index (χ3v) is 4.22. The summed E-state index contributed by atoms with van der Waals surface area (Å²) in [6.07, 6.45) is 3.40. The fourth-order valence-electron chi connectivity index (χ4n) is 1.60. The van der Waals surface area contributed by atoms with Gasteiger partial charge in [0.25, 0.3) is 0 Å². The first-order chi connectivity index (χ1) is 8.18. The highest BCUT2D eigenvalue weighted by molar-refractivity contribution is 14.1. The lowest BCUT2D eigenvalue weighted by Crippen LogP contribution is -2.17. The number of hydrogen-bond acceptors (Lipinski definition) is 4. The van der Waals surface area contributed by atoms with Gasteiger partial charge in [0.1, 0.15) is 12.1 Å². The molecule has 0 fully saturated rings. The summed E-state index contributed by atoms with van der Waals surface area (Å²) >= 11 is 4.03. The van der Waals surface area contributed by atoms with Crippen LogP contribution in [0.25, 0.3) is 0 Å². The number of anilines is 1. The Morgan fingerprint density at radius 1 is 1.41 bits per heavy atom. The van der Waals surface area contributed by atoms with E-state index in [4.69, 9.17) is 0 Å². The summed E-state index contributed by atoms with van der Waals surface area (Å²) in [5.41, 5.74) is 0. The minimum atomic E-state index is 0.304. The topological polar surface area (TPSA) is 37.8 Å². The first-order valence-corrected chi connectivity index (χ1v) is 7.39. The van der Waals surface area contributed by atoms with Gasteiger partial charge in [-0.25, -0.2) is 9.97 Å². The molecular formula is C12H14IN3S. The number of nitrogens with one attached hydrogen (secondary N) is 1. The van der Waals surface area contributed by atoms with E-state index in [-0.39, 0.29) is 0 Å². The van der Waals surface area contributed by atoms with E-state index in [0.29, 0.717) is 12.0 Å². The molecule has 0 spiro atoms. The molecule has 0 saturated heterocycles. The second-order valence-electron chi connectivity index (χ2n) is 4.10. The van der Waals surface area contributed by atoms with Crippen LogP contribution in [0.15, 0.2) is 30.0 Å². The Kier molecular flexibility index (Phi) is 4.33. The summed E-state index contributed by atoms with van der Waals surface area (Å²) in [5, 5.41) is 5.61. The molecular weight excluding hydrogens is 345 g/mol. The fraction of sp³-hybridized carbons (Fsp3) is 0.333.